The third kappa shape index (κ3) is 4.21. The molecule has 0 saturated carbocycles. The molecule has 0 spiro atoms. The Morgan fingerprint density at radius 1 is 1.03 bits per heavy atom. The van der Waals surface area contributed by atoms with E-state index in [9.17, 15) is 14.0 Å². The highest BCUT2D eigenvalue weighted by Crippen LogP contribution is 2.46. The van der Waals surface area contributed by atoms with Gasteiger partial charge in [-0.05, 0) is 50.1 Å². The second kappa shape index (κ2) is 8.82. The van der Waals surface area contributed by atoms with Crippen LogP contribution >= 0.6 is 0 Å². The van der Waals surface area contributed by atoms with E-state index >= 15 is 0 Å². The van der Waals surface area contributed by atoms with Crippen LogP contribution < -0.4 is 15.0 Å². The summed E-state index contributed by atoms with van der Waals surface area (Å²) in [5.41, 5.74) is 0.0944. The Bertz CT molecular complexity index is 1220. The number of fused-ring (bicyclic) bond motifs is 1. The molecule has 6 nitrogen and oxygen atoms in total. The smallest absolute Gasteiger partial charge is 0.409 e. The van der Waals surface area contributed by atoms with Gasteiger partial charge in [-0.2, -0.15) is 0 Å². The van der Waals surface area contributed by atoms with Crippen molar-refractivity contribution >= 4 is 17.7 Å². The van der Waals surface area contributed by atoms with Gasteiger partial charge in [0.1, 0.15) is 5.60 Å². The lowest BCUT2D eigenvalue weighted by Gasteiger charge is -2.32. The standard InChI is InChI=1S/C27H27FN2O4/c1-26(2,3)34-25(32)29-27(19-14-15-21(28)23(16-19)33-4)20-12-8-9-13-22(20)30(24(27)31)17-18-10-6-5-7-11-18/h5-16H,17H2,1-4H3,(H,29,32)/t27-/m1/s1. The number of nitrogens with zero attached hydrogens (tertiary/aromatic N) is 1. The van der Waals surface area contributed by atoms with E-state index in [1.54, 1.807) is 37.8 Å². The second-order valence-corrected chi connectivity index (χ2v) is 9.12. The monoisotopic (exact) mass is 462 g/mol. The van der Waals surface area contributed by atoms with E-state index in [0.29, 0.717) is 23.4 Å². The topological polar surface area (TPSA) is 67.9 Å². The third-order valence-corrected chi connectivity index (χ3v) is 5.62. The molecule has 0 aromatic heterocycles. The molecule has 0 unspecified atom stereocenters. The lowest BCUT2D eigenvalue weighted by Crippen LogP contribution is -2.54. The molecule has 1 aliphatic heterocycles. The summed E-state index contributed by atoms with van der Waals surface area (Å²) in [6, 6.07) is 21.0. The number of halogens is 1. The van der Waals surface area contributed by atoms with Crippen molar-refractivity contribution in [2.75, 3.05) is 12.0 Å². The average molecular weight is 463 g/mol. The van der Waals surface area contributed by atoms with E-state index in [1.807, 2.05) is 42.5 Å². The van der Waals surface area contributed by atoms with E-state index in [1.165, 1.54) is 25.3 Å². The number of carbonyl (C=O) groups excluding carboxylic acids is 2. The molecule has 7 heteroatoms. The zero-order chi connectivity index (χ0) is 24.5. The first kappa shape index (κ1) is 23.3. The molecule has 1 aliphatic rings. The molecule has 0 radical (unpaired) electrons. The Kier molecular flexibility index (Phi) is 6.04. The predicted octanol–water partition coefficient (Wildman–Crippen LogP) is 5.15. The Morgan fingerprint density at radius 3 is 2.38 bits per heavy atom. The van der Waals surface area contributed by atoms with E-state index in [4.69, 9.17) is 9.47 Å². The zero-order valence-electron chi connectivity index (χ0n) is 19.6. The largest absolute Gasteiger partial charge is 0.494 e. The maximum Gasteiger partial charge on any atom is 0.409 e. The Labute approximate surface area is 198 Å². The Balaban J connectivity index is 1.89. The van der Waals surface area contributed by atoms with Crippen LogP contribution in [0.1, 0.15) is 37.5 Å². The van der Waals surface area contributed by atoms with Gasteiger partial charge in [0.25, 0.3) is 5.91 Å². The molecule has 2 amide bonds. The lowest BCUT2D eigenvalue weighted by atomic mass is 9.83. The number of para-hydroxylation sites is 1. The molecule has 3 aromatic carbocycles. The van der Waals surface area contributed by atoms with Gasteiger partial charge in [0.05, 0.1) is 19.3 Å². The number of hydrogen-bond donors (Lipinski definition) is 1. The molecule has 0 fully saturated rings. The van der Waals surface area contributed by atoms with E-state index < -0.39 is 23.1 Å². The highest BCUT2D eigenvalue weighted by atomic mass is 19.1. The fourth-order valence-corrected chi connectivity index (χ4v) is 4.20. The molecule has 0 aliphatic carbocycles. The summed E-state index contributed by atoms with van der Waals surface area (Å²) in [7, 11) is 1.35. The van der Waals surface area contributed by atoms with Crippen molar-refractivity contribution in [1.29, 1.82) is 0 Å². The zero-order valence-corrected chi connectivity index (χ0v) is 19.6. The minimum absolute atomic E-state index is 0.0327. The summed E-state index contributed by atoms with van der Waals surface area (Å²) >= 11 is 0. The van der Waals surface area contributed by atoms with Gasteiger partial charge in [-0.1, -0.05) is 54.6 Å². The molecule has 4 rings (SSSR count). The number of ether oxygens (including phenoxy) is 2. The van der Waals surface area contributed by atoms with Gasteiger partial charge < -0.3 is 14.4 Å². The molecule has 0 saturated heterocycles. The van der Waals surface area contributed by atoms with Crippen LogP contribution in [0.15, 0.2) is 72.8 Å². The van der Waals surface area contributed by atoms with Crippen LogP contribution in [0, 0.1) is 5.82 Å². The molecular formula is C27H27FN2O4. The highest BCUT2D eigenvalue weighted by molar-refractivity contribution is 6.11. The van der Waals surface area contributed by atoms with Crippen LogP contribution in [0.2, 0.25) is 0 Å². The van der Waals surface area contributed by atoms with Crippen molar-refractivity contribution in [3.8, 4) is 5.75 Å². The van der Waals surface area contributed by atoms with Gasteiger partial charge in [-0.3, -0.25) is 10.1 Å². The second-order valence-electron chi connectivity index (χ2n) is 9.12. The van der Waals surface area contributed by atoms with Crippen LogP contribution in [0.4, 0.5) is 14.9 Å². The summed E-state index contributed by atoms with van der Waals surface area (Å²) in [4.78, 5) is 28.8. The quantitative estimate of drug-likeness (QED) is 0.570. The summed E-state index contributed by atoms with van der Waals surface area (Å²) in [5, 5.41) is 2.83. The van der Waals surface area contributed by atoms with Gasteiger partial charge in [0, 0.05) is 5.56 Å². The summed E-state index contributed by atoms with van der Waals surface area (Å²) in [5.74, 6) is -0.981. The number of rotatable bonds is 5. The van der Waals surface area contributed by atoms with Crippen molar-refractivity contribution in [2.45, 2.75) is 38.5 Å². The maximum atomic E-state index is 14.3. The number of anilines is 1. The van der Waals surface area contributed by atoms with E-state index in [-0.39, 0.29) is 11.7 Å². The van der Waals surface area contributed by atoms with Crippen LogP contribution in [0.25, 0.3) is 0 Å². The maximum absolute atomic E-state index is 14.3. The summed E-state index contributed by atoms with van der Waals surface area (Å²) < 4.78 is 25.0. The van der Waals surface area contributed by atoms with Crippen molar-refractivity contribution < 1.29 is 23.5 Å². The minimum Gasteiger partial charge on any atom is -0.494 e. The van der Waals surface area contributed by atoms with Crippen LogP contribution in [-0.2, 0) is 21.6 Å². The first-order valence-corrected chi connectivity index (χ1v) is 11.0. The normalized spacial score (nSPS) is 17.3. The molecule has 176 valence electrons. The molecular weight excluding hydrogens is 435 g/mol. The van der Waals surface area contributed by atoms with Crippen LogP contribution in [0.5, 0.6) is 5.75 Å². The predicted molar refractivity (Wildman–Crippen MR) is 127 cm³/mol. The van der Waals surface area contributed by atoms with Gasteiger partial charge in [-0.15, -0.1) is 0 Å². The fraction of sp³-hybridized carbons (Fsp3) is 0.259. The van der Waals surface area contributed by atoms with Gasteiger partial charge in [0.15, 0.2) is 17.1 Å². The number of nitrogens with one attached hydrogen (secondary N) is 1. The summed E-state index contributed by atoms with van der Waals surface area (Å²) in [6.45, 7) is 5.53. The molecule has 3 aromatic rings. The van der Waals surface area contributed by atoms with Crippen molar-refractivity contribution in [3.05, 3.63) is 95.3 Å². The number of benzene rings is 3. The van der Waals surface area contributed by atoms with Crippen molar-refractivity contribution in [3.63, 3.8) is 0 Å². The molecule has 1 atom stereocenters. The number of carbonyl (C=O) groups is 2. The highest BCUT2D eigenvalue weighted by Gasteiger charge is 2.54. The number of amides is 2. The molecule has 34 heavy (non-hydrogen) atoms. The number of alkyl carbamates (subject to hydrolysis) is 1. The minimum atomic E-state index is -1.63. The average Bonchev–Trinajstić information content (AvgIpc) is 3.02. The number of hydrogen-bond acceptors (Lipinski definition) is 4. The fourth-order valence-electron chi connectivity index (χ4n) is 4.20. The molecule has 1 N–H and O–H groups in total. The van der Waals surface area contributed by atoms with Gasteiger partial charge in [0.2, 0.25) is 0 Å². The first-order valence-electron chi connectivity index (χ1n) is 11.0. The Hall–Kier alpha value is -3.87. The van der Waals surface area contributed by atoms with Crippen LogP contribution in [0.3, 0.4) is 0 Å². The third-order valence-electron chi connectivity index (χ3n) is 5.62. The SMILES string of the molecule is COc1cc([C@]2(NC(=O)OC(C)(C)C)C(=O)N(Cc3ccccc3)c3ccccc32)ccc1F. The molecule has 0 bridgehead atoms. The van der Waals surface area contributed by atoms with Gasteiger partial charge >= 0.3 is 6.09 Å². The first-order chi connectivity index (χ1) is 16.2. The molecule has 1 heterocycles. The lowest BCUT2D eigenvalue weighted by molar-refractivity contribution is -0.123. The van der Waals surface area contributed by atoms with Gasteiger partial charge in [-0.25, -0.2) is 9.18 Å². The van der Waals surface area contributed by atoms with Crippen molar-refractivity contribution in [2.24, 2.45) is 0 Å². The summed E-state index contributed by atoms with van der Waals surface area (Å²) in [6.07, 6.45) is -0.763. The van der Waals surface area contributed by atoms with E-state index in [0.717, 1.165) is 5.56 Å². The Morgan fingerprint density at radius 2 is 1.71 bits per heavy atom. The van der Waals surface area contributed by atoms with Crippen molar-refractivity contribution in [1.82, 2.24) is 5.32 Å². The number of methoxy groups -OCH3 is 1. The van der Waals surface area contributed by atoms with Crippen LogP contribution in [-0.4, -0.2) is 24.7 Å². The van der Waals surface area contributed by atoms with E-state index in [2.05, 4.69) is 5.32 Å².